The molecule has 0 spiro atoms. The Bertz CT molecular complexity index is 1080. The second-order valence-corrected chi connectivity index (χ2v) is 7.21. The van der Waals surface area contributed by atoms with Gasteiger partial charge in [0.2, 0.25) is 0 Å². The Balaban J connectivity index is 1.66. The zero-order chi connectivity index (χ0) is 20.6. The van der Waals surface area contributed by atoms with E-state index in [1.807, 2.05) is 6.07 Å². The molecule has 0 fully saturated rings. The molecule has 3 rings (SSSR count). The lowest BCUT2D eigenvalue weighted by molar-refractivity contribution is -0.119. The molecule has 1 amide bonds. The Labute approximate surface area is 176 Å². The summed E-state index contributed by atoms with van der Waals surface area (Å²) in [5.74, 6) is -0.852. The molecule has 0 saturated heterocycles. The molecule has 0 unspecified atom stereocenters. The third kappa shape index (κ3) is 5.57. The van der Waals surface area contributed by atoms with Gasteiger partial charge in [0.15, 0.2) is 6.61 Å². The first kappa shape index (κ1) is 20.4. The lowest BCUT2D eigenvalue weighted by Crippen LogP contribution is -2.21. The molecule has 0 radical (unpaired) electrons. The van der Waals surface area contributed by atoms with E-state index in [4.69, 9.17) is 16.3 Å². The molecule has 0 saturated carbocycles. The number of anilines is 1. The minimum absolute atomic E-state index is 0.305. The molecule has 0 aliphatic rings. The monoisotopic (exact) mass is 423 g/mol. The maximum absolute atomic E-state index is 12.5. The standard InChI is InChI=1S/C21H14ClN3O3S/c22-15-9-10-19(24-12-15)25-20(26)13-28-21(27)16-6-2-4-8-18(16)29-17-7-3-1-5-14(17)11-23/h1-10,12H,13H2,(H,24,25,26). The van der Waals surface area contributed by atoms with E-state index in [9.17, 15) is 14.9 Å². The van der Waals surface area contributed by atoms with Gasteiger partial charge in [-0.15, -0.1) is 0 Å². The summed E-state index contributed by atoms with van der Waals surface area (Å²) in [6.07, 6.45) is 1.40. The number of nitrogens with one attached hydrogen (secondary N) is 1. The van der Waals surface area contributed by atoms with Crippen LogP contribution in [0.1, 0.15) is 15.9 Å². The van der Waals surface area contributed by atoms with Crippen LogP contribution in [0.3, 0.4) is 0 Å². The summed E-state index contributed by atoms with van der Waals surface area (Å²) in [5, 5.41) is 12.2. The van der Waals surface area contributed by atoms with E-state index in [2.05, 4.69) is 16.4 Å². The Morgan fingerprint density at radius 1 is 1.07 bits per heavy atom. The van der Waals surface area contributed by atoms with Gasteiger partial charge in [-0.1, -0.05) is 47.6 Å². The van der Waals surface area contributed by atoms with Gasteiger partial charge in [0.25, 0.3) is 5.91 Å². The van der Waals surface area contributed by atoms with Gasteiger partial charge in [0, 0.05) is 16.0 Å². The summed E-state index contributed by atoms with van der Waals surface area (Å²) in [5.41, 5.74) is 0.818. The van der Waals surface area contributed by atoms with E-state index in [0.29, 0.717) is 26.9 Å². The largest absolute Gasteiger partial charge is 0.452 e. The van der Waals surface area contributed by atoms with Gasteiger partial charge < -0.3 is 10.1 Å². The minimum atomic E-state index is -0.637. The number of ether oxygens (including phenoxy) is 1. The van der Waals surface area contributed by atoms with Gasteiger partial charge in [-0.3, -0.25) is 4.79 Å². The van der Waals surface area contributed by atoms with Crippen LogP contribution in [0.25, 0.3) is 0 Å². The van der Waals surface area contributed by atoms with Crippen molar-refractivity contribution in [2.75, 3.05) is 11.9 Å². The summed E-state index contributed by atoms with van der Waals surface area (Å²) < 4.78 is 5.14. The predicted molar refractivity (Wildman–Crippen MR) is 110 cm³/mol. The third-order valence-corrected chi connectivity index (χ3v) is 5.04. The summed E-state index contributed by atoms with van der Waals surface area (Å²) in [7, 11) is 0. The number of nitrogens with zero attached hydrogens (tertiary/aromatic N) is 2. The number of hydrogen-bond donors (Lipinski definition) is 1. The number of nitriles is 1. The summed E-state index contributed by atoms with van der Waals surface area (Å²) in [4.78, 5) is 29.8. The molecule has 1 N–H and O–H groups in total. The van der Waals surface area contributed by atoms with Crippen LogP contribution in [-0.4, -0.2) is 23.5 Å². The first-order valence-electron chi connectivity index (χ1n) is 8.41. The summed E-state index contributed by atoms with van der Waals surface area (Å²) in [6.45, 7) is -0.461. The van der Waals surface area contributed by atoms with Crippen molar-refractivity contribution >= 4 is 41.1 Å². The number of aromatic nitrogens is 1. The molecule has 2 aromatic carbocycles. The fourth-order valence-electron chi connectivity index (χ4n) is 2.33. The molecule has 0 bridgehead atoms. The molecule has 0 aliphatic carbocycles. The molecule has 8 heteroatoms. The van der Waals surface area contributed by atoms with E-state index in [-0.39, 0.29) is 0 Å². The Kier molecular flexibility index (Phi) is 6.85. The number of esters is 1. The summed E-state index contributed by atoms with van der Waals surface area (Å²) >= 11 is 7.03. The van der Waals surface area contributed by atoms with Crippen LogP contribution in [0.5, 0.6) is 0 Å². The van der Waals surface area contributed by atoms with Gasteiger partial charge in [-0.05, 0) is 36.4 Å². The number of amides is 1. The van der Waals surface area contributed by atoms with Crippen molar-refractivity contribution in [1.29, 1.82) is 5.26 Å². The van der Waals surface area contributed by atoms with Crippen molar-refractivity contribution in [2.45, 2.75) is 9.79 Å². The molecular formula is C21H14ClN3O3S. The third-order valence-electron chi connectivity index (χ3n) is 3.66. The van der Waals surface area contributed by atoms with Crippen molar-refractivity contribution in [1.82, 2.24) is 4.98 Å². The van der Waals surface area contributed by atoms with E-state index in [1.54, 1.807) is 54.6 Å². The van der Waals surface area contributed by atoms with E-state index in [1.165, 1.54) is 18.0 Å². The van der Waals surface area contributed by atoms with Crippen LogP contribution in [-0.2, 0) is 9.53 Å². The van der Waals surface area contributed by atoms with E-state index < -0.39 is 18.5 Å². The Morgan fingerprint density at radius 3 is 2.52 bits per heavy atom. The van der Waals surface area contributed by atoms with Gasteiger partial charge in [-0.2, -0.15) is 5.26 Å². The van der Waals surface area contributed by atoms with Gasteiger partial charge in [0.05, 0.1) is 16.1 Å². The number of halogens is 1. The van der Waals surface area contributed by atoms with Crippen molar-refractivity contribution in [2.24, 2.45) is 0 Å². The molecular weight excluding hydrogens is 410 g/mol. The molecule has 29 heavy (non-hydrogen) atoms. The molecule has 0 atom stereocenters. The quantitative estimate of drug-likeness (QED) is 0.584. The number of carbonyl (C=O) groups is 2. The number of pyridine rings is 1. The second kappa shape index (κ2) is 9.73. The van der Waals surface area contributed by atoms with Crippen LogP contribution in [0.15, 0.2) is 76.7 Å². The van der Waals surface area contributed by atoms with Gasteiger partial charge >= 0.3 is 5.97 Å². The van der Waals surface area contributed by atoms with Gasteiger partial charge in [-0.25, -0.2) is 9.78 Å². The molecule has 1 heterocycles. The lowest BCUT2D eigenvalue weighted by Gasteiger charge is -2.10. The maximum Gasteiger partial charge on any atom is 0.339 e. The van der Waals surface area contributed by atoms with Crippen molar-refractivity contribution in [3.63, 3.8) is 0 Å². The van der Waals surface area contributed by atoms with Crippen LogP contribution in [0.4, 0.5) is 5.82 Å². The molecule has 1 aromatic heterocycles. The number of hydrogen-bond acceptors (Lipinski definition) is 6. The average Bonchev–Trinajstić information content (AvgIpc) is 2.74. The SMILES string of the molecule is N#Cc1ccccc1Sc1ccccc1C(=O)OCC(=O)Nc1ccc(Cl)cn1. The Hall–Kier alpha value is -3.34. The van der Waals surface area contributed by atoms with Crippen LogP contribution >= 0.6 is 23.4 Å². The number of rotatable bonds is 6. The van der Waals surface area contributed by atoms with Crippen LogP contribution in [0, 0.1) is 11.3 Å². The van der Waals surface area contributed by atoms with Crippen molar-refractivity contribution < 1.29 is 14.3 Å². The number of carbonyl (C=O) groups excluding carboxylic acids is 2. The highest BCUT2D eigenvalue weighted by Gasteiger charge is 2.16. The fourth-order valence-corrected chi connectivity index (χ4v) is 3.46. The Morgan fingerprint density at radius 2 is 1.79 bits per heavy atom. The molecule has 6 nitrogen and oxygen atoms in total. The van der Waals surface area contributed by atoms with Crippen LogP contribution < -0.4 is 5.32 Å². The predicted octanol–water partition coefficient (Wildman–Crippen LogP) is 4.55. The highest BCUT2D eigenvalue weighted by atomic mass is 35.5. The first-order valence-corrected chi connectivity index (χ1v) is 9.61. The topological polar surface area (TPSA) is 92.1 Å². The van der Waals surface area contributed by atoms with E-state index in [0.717, 1.165) is 4.90 Å². The molecule has 0 aliphatic heterocycles. The smallest absolute Gasteiger partial charge is 0.339 e. The molecule has 144 valence electrons. The van der Waals surface area contributed by atoms with Gasteiger partial charge in [0.1, 0.15) is 11.9 Å². The highest BCUT2D eigenvalue weighted by Crippen LogP contribution is 2.32. The zero-order valence-corrected chi connectivity index (χ0v) is 16.5. The van der Waals surface area contributed by atoms with Crippen molar-refractivity contribution in [3.8, 4) is 6.07 Å². The highest BCUT2D eigenvalue weighted by molar-refractivity contribution is 7.99. The van der Waals surface area contributed by atoms with E-state index >= 15 is 0 Å². The lowest BCUT2D eigenvalue weighted by atomic mass is 10.2. The fraction of sp³-hybridized carbons (Fsp3) is 0.0476. The molecule has 3 aromatic rings. The number of benzene rings is 2. The average molecular weight is 424 g/mol. The second-order valence-electron chi connectivity index (χ2n) is 5.69. The van der Waals surface area contributed by atoms with Crippen LogP contribution in [0.2, 0.25) is 5.02 Å². The minimum Gasteiger partial charge on any atom is -0.452 e. The maximum atomic E-state index is 12.5. The normalized spacial score (nSPS) is 10.1. The first-order chi connectivity index (χ1) is 14.1. The zero-order valence-electron chi connectivity index (χ0n) is 15.0. The van der Waals surface area contributed by atoms with Crippen molar-refractivity contribution in [3.05, 3.63) is 83.0 Å². The summed E-state index contributed by atoms with van der Waals surface area (Å²) in [6, 6.07) is 19.2.